The molecule has 6 nitrogen and oxygen atoms in total. The molecule has 0 bridgehead atoms. The standard InChI is InChI=1S/C20H31N3O3/c24-20(21-11-17-7-9-26-22-17)10-19-18-6-8-23(13-16(18)14-25-19)12-15-4-2-1-3-5-15/h7,9,15-16,18-19H,1-6,8,10-14H2,(H,21,24)/t16-,18-,19+/m1/s1. The van der Waals surface area contributed by atoms with Gasteiger partial charge in [-0.15, -0.1) is 0 Å². The van der Waals surface area contributed by atoms with Gasteiger partial charge in [-0.3, -0.25) is 4.79 Å². The molecule has 1 aromatic heterocycles. The number of hydrogen-bond donors (Lipinski definition) is 1. The fraction of sp³-hybridized carbons (Fsp3) is 0.800. The first-order chi connectivity index (χ1) is 12.8. The number of nitrogens with one attached hydrogen (secondary N) is 1. The SMILES string of the molecule is O=C(C[C@@H]1OC[C@H]2CN(CC3CCCCC3)CC[C@H]21)NCc1ccon1. The van der Waals surface area contributed by atoms with Crippen LogP contribution in [0.4, 0.5) is 0 Å². The fourth-order valence-corrected chi connectivity index (χ4v) is 5.05. The lowest BCUT2D eigenvalue weighted by molar-refractivity contribution is -0.124. The summed E-state index contributed by atoms with van der Waals surface area (Å²) in [5.41, 5.74) is 0.750. The first kappa shape index (κ1) is 18.0. The highest BCUT2D eigenvalue weighted by Crippen LogP contribution is 2.36. The maximum atomic E-state index is 12.2. The molecular weight excluding hydrogens is 330 g/mol. The molecule has 3 fully saturated rings. The summed E-state index contributed by atoms with van der Waals surface area (Å²) in [4.78, 5) is 14.9. The number of aromatic nitrogens is 1. The monoisotopic (exact) mass is 361 g/mol. The van der Waals surface area contributed by atoms with Crippen LogP contribution in [0.2, 0.25) is 0 Å². The van der Waals surface area contributed by atoms with Crippen LogP contribution < -0.4 is 5.32 Å². The summed E-state index contributed by atoms with van der Waals surface area (Å²) in [7, 11) is 0. The third-order valence-electron chi connectivity index (χ3n) is 6.46. The predicted molar refractivity (Wildman–Crippen MR) is 97.3 cm³/mol. The summed E-state index contributed by atoms with van der Waals surface area (Å²) in [6, 6.07) is 1.77. The molecule has 2 aliphatic heterocycles. The number of carbonyl (C=O) groups is 1. The molecule has 1 N–H and O–H groups in total. The number of ether oxygens (including phenoxy) is 1. The summed E-state index contributed by atoms with van der Waals surface area (Å²) < 4.78 is 10.8. The molecule has 4 rings (SSSR count). The fourth-order valence-electron chi connectivity index (χ4n) is 5.05. The van der Waals surface area contributed by atoms with E-state index in [1.165, 1.54) is 51.3 Å². The lowest BCUT2D eigenvalue weighted by Gasteiger charge is -2.38. The van der Waals surface area contributed by atoms with Gasteiger partial charge < -0.3 is 19.5 Å². The van der Waals surface area contributed by atoms with Gasteiger partial charge in [-0.2, -0.15) is 0 Å². The molecule has 3 heterocycles. The minimum Gasteiger partial charge on any atom is -0.377 e. The summed E-state index contributed by atoms with van der Waals surface area (Å²) in [6.45, 7) is 4.82. The minimum absolute atomic E-state index is 0.0447. The minimum atomic E-state index is 0.0447. The van der Waals surface area contributed by atoms with Crippen LogP contribution >= 0.6 is 0 Å². The average molecular weight is 361 g/mol. The number of amides is 1. The number of carbonyl (C=O) groups excluding carboxylic acids is 1. The van der Waals surface area contributed by atoms with Crippen LogP contribution in [-0.2, 0) is 16.1 Å². The first-order valence-corrected chi connectivity index (χ1v) is 10.3. The molecule has 6 heteroatoms. The van der Waals surface area contributed by atoms with Gasteiger partial charge in [0.05, 0.1) is 25.7 Å². The van der Waals surface area contributed by atoms with Crippen LogP contribution in [0.15, 0.2) is 16.9 Å². The van der Waals surface area contributed by atoms with Crippen molar-refractivity contribution < 1.29 is 14.1 Å². The van der Waals surface area contributed by atoms with E-state index < -0.39 is 0 Å². The smallest absolute Gasteiger partial charge is 0.222 e. The molecule has 1 saturated carbocycles. The Morgan fingerprint density at radius 3 is 2.96 bits per heavy atom. The number of fused-ring (bicyclic) bond motifs is 1. The molecule has 1 amide bonds. The highest BCUT2D eigenvalue weighted by Gasteiger charge is 2.41. The molecule has 1 aromatic rings. The number of likely N-dealkylation sites (tertiary alicyclic amines) is 1. The Kier molecular flexibility index (Phi) is 5.90. The van der Waals surface area contributed by atoms with E-state index in [-0.39, 0.29) is 12.0 Å². The molecular formula is C20H31N3O3. The van der Waals surface area contributed by atoms with Crippen molar-refractivity contribution in [2.75, 3.05) is 26.2 Å². The van der Waals surface area contributed by atoms with Crippen molar-refractivity contribution in [1.82, 2.24) is 15.4 Å². The summed E-state index contributed by atoms with van der Waals surface area (Å²) in [5.74, 6) is 2.08. The summed E-state index contributed by atoms with van der Waals surface area (Å²) >= 11 is 0. The Morgan fingerprint density at radius 1 is 1.27 bits per heavy atom. The van der Waals surface area contributed by atoms with Crippen molar-refractivity contribution in [1.29, 1.82) is 0 Å². The van der Waals surface area contributed by atoms with Crippen molar-refractivity contribution in [2.24, 2.45) is 17.8 Å². The summed E-state index contributed by atoms with van der Waals surface area (Å²) in [5, 5.41) is 6.73. The van der Waals surface area contributed by atoms with Gasteiger partial charge in [0.15, 0.2) is 0 Å². The Bertz CT molecular complexity index is 571. The van der Waals surface area contributed by atoms with Gasteiger partial charge in [0.2, 0.25) is 5.91 Å². The number of nitrogens with zero attached hydrogens (tertiary/aromatic N) is 2. The zero-order chi connectivity index (χ0) is 17.8. The lowest BCUT2D eigenvalue weighted by Crippen LogP contribution is -2.44. The van der Waals surface area contributed by atoms with Gasteiger partial charge in [-0.25, -0.2) is 0 Å². The van der Waals surface area contributed by atoms with Gasteiger partial charge in [0.25, 0.3) is 0 Å². The van der Waals surface area contributed by atoms with Crippen molar-refractivity contribution in [3.05, 3.63) is 18.0 Å². The normalized spacial score (nSPS) is 30.2. The molecule has 26 heavy (non-hydrogen) atoms. The third kappa shape index (κ3) is 4.46. The quantitative estimate of drug-likeness (QED) is 0.843. The average Bonchev–Trinajstić information content (AvgIpc) is 3.31. The maximum Gasteiger partial charge on any atom is 0.222 e. The molecule has 0 unspecified atom stereocenters. The van der Waals surface area contributed by atoms with Crippen molar-refractivity contribution in [2.45, 2.75) is 57.6 Å². The third-order valence-corrected chi connectivity index (χ3v) is 6.46. The number of piperidine rings is 1. The van der Waals surface area contributed by atoms with Crippen LogP contribution in [0.25, 0.3) is 0 Å². The molecule has 0 aromatic carbocycles. The Balaban J connectivity index is 1.21. The second-order valence-electron chi connectivity index (χ2n) is 8.32. The van der Waals surface area contributed by atoms with E-state index in [1.807, 2.05) is 0 Å². The van der Waals surface area contributed by atoms with Gasteiger partial charge in [0, 0.05) is 25.1 Å². The van der Waals surface area contributed by atoms with Crippen LogP contribution in [0.5, 0.6) is 0 Å². The van der Waals surface area contributed by atoms with E-state index in [1.54, 1.807) is 6.07 Å². The van der Waals surface area contributed by atoms with Gasteiger partial charge >= 0.3 is 0 Å². The molecule has 1 aliphatic carbocycles. The number of hydrogen-bond acceptors (Lipinski definition) is 5. The van der Waals surface area contributed by atoms with E-state index in [2.05, 4.69) is 15.4 Å². The first-order valence-electron chi connectivity index (χ1n) is 10.3. The van der Waals surface area contributed by atoms with E-state index in [0.717, 1.165) is 31.3 Å². The Morgan fingerprint density at radius 2 is 2.15 bits per heavy atom. The maximum absolute atomic E-state index is 12.2. The topological polar surface area (TPSA) is 67.6 Å². The Labute approximate surface area is 155 Å². The Hall–Kier alpha value is -1.40. The van der Waals surface area contributed by atoms with Crippen molar-refractivity contribution >= 4 is 5.91 Å². The van der Waals surface area contributed by atoms with Gasteiger partial charge in [-0.05, 0) is 37.6 Å². The van der Waals surface area contributed by atoms with E-state index in [0.29, 0.717) is 24.8 Å². The zero-order valence-corrected chi connectivity index (χ0v) is 15.6. The molecule has 144 valence electrons. The van der Waals surface area contributed by atoms with E-state index >= 15 is 0 Å². The van der Waals surface area contributed by atoms with Gasteiger partial charge in [-0.1, -0.05) is 24.4 Å². The van der Waals surface area contributed by atoms with Crippen molar-refractivity contribution in [3.63, 3.8) is 0 Å². The van der Waals surface area contributed by atoms with Crippen LogP contribution in [0.1, 0.15) is 50.6 Å². The molecule has 3 atom stereocenters. The predicted octanol–water partition coefficient (Wildman–Crippen LogP) is 2.60. The summed E-state index contributed by atoms with van der Waals surface area (Å²) in [6.07, 6.45) is 10.3. The second-order valence-corrected chi connectivity index (χ2v) is 8.32. The van der Waals surface area contributed by atoms with E-state index in [9.17, 15) is 4.79 Å². The highest BCUT2D eigenvalue weighted by atomic mass is 16.5. The lowest BCUT2D eigenvalue weighted by atomic mass is 9.82. The molecule has 2 saturated heterocycles. The molecule has 0 radical (unpaired) electrons. The molecule has 3 aliphatic rings. The van der Waals surface area contributed by atoms with Crippen LogP contribution in [0, 0.1) is 17.8 Å². The van der Waals surface area contributed by atoms with Crippen molar-refractivity contribution in [3.8, 4) is 0 Å². The largest absolute Gasteiger partial charge is 0.377 e. The van der Waals surface area contributed by atoms with E-state index in [4.69, 9.17) is 9.26 Å². The highest BCUT2D eigenvalue weighted by molar-refractivity contribution is 5.76. The number of rotatable bonds is 6. The van der Waals surface area contributed by atoms with Crippen LogP contribution in [-0.4, -0.2) is 48.3 Å². The van der Waals surface area contributed by atoms with Gasteiger partial charge in [0.1, 0.15) is 12.0 Å². The van der Waals surface area contributed by atoms with Crippen LogP contribution in [0.3, 0.4) is 0 Å². The molecule has 0 spiro atoms. The zero-order valence-electron chi connectivity index (χ0n) is 15.6. The second kappa shape index (κ2) is 8.53.